The zero-order valence-corrected chi connectivity index (χ0v) is 28.2. The second-order valence-corrected chi connectivity index (χ2v) is 13.2. The Hall–Kier alpha value is -6.97. The highest BCUT2D eigenvalue weighted by Crippen LogP contribution is 2.39. The summed E-state index contributed by atoms with van der Waals surface area (Å²) in [6.45, 7) is 0. The first-order valence-corrected chi connectivity index (χ1v) is 17.6. The number of rotatable bonds is 5. The number of para-hydroxylation sites is 1. The maximum atomic E-state index is 5.24. The van der Waals surface area contributed by atoms with Crippen LogP contribution in [-0.2, 0) is 0 Å². The molecule has 0 saturated carbocycles. The molecule has 0 aliphatic carbocycles. The fraction of sp³-hybridized carbons (Fsp3) is 0. The highest BCUT2D eigenvalue weighted by atomic mass is 14.9. The van der Waals surface area contributed by atoms with Crippen LogP contribution in [0, 0.1) is 0 Å². The van der Waals surface area contributed by atoms with E-state index in [2.05, 4.69) is 188 Å². The van der Waals surface area contributed by atoms with E-state index in [4.69, 9.17) is 15.0 Å². The number of hydrogen-bond acceptors (Lipinski definition) is 3. The molecule has 0 saturated heterocycles. The van der Waals surface area contributed by atoms with Crippen LogP contribution in [0.25, 0.3) is 99.5 Å². The Bertz CT molecular complexity index is 2850. The van der Waals surface area contributed by atoms with Gasteiger partial charge < -0.3 is 0 Å². The van der Waals surface area contributed by atoms with Crippen LogP contribution >= 0.6 is 0 Å². The molecule has 10 rings (SSSR count). The van der Waals surface area contributed by atoms with E-state index < -0.39 is 0 Å². The van der Waals surface area contributed by atoms with Gasteiger partial charge in [0.25, 0.3) is 0 Å². The predicted molar refractivity (Wildman–Crippen MR) is 217 cm³/mol. The van der Waals surface area contributed by atoms with Gasteiger partial charge in [0, 0.05) is 38.4 Å². The Morgan fingerprint density at radius 1 is 0.308 bits per heavy atom. The molecule has 0 N–H and O–H groups in total. The number of aromatic nitrogens is 3. The van der Waals surface area contributed by atoms with Gasteiger partial charge in [0.2, 0.25) is 0 Å². The van der Waals surface area contributed by atoms with Crippen molar-refractivity contribution in [3.05, 3.63) is 188 Å². The van der Waals surface area contributed by atoms with Crippen LogP contribution in [0.3, 0.4) is 0 Å². The topological polar surface area (TPSA) is 38.7 Å². The van der Waals surface area contributed by atoms with Gasteiger partial charge in [0.1, 0.15) is 0 Å². The molecule has 0 aliphatic rings. The van der Waals surface area contributed by atoms with Crippen LogP contribution < -0.4 is 0 Å². The minimum Gasteiger partial charge on any atom is -0.247 e. The van der Waals surface area contributed by atoms with Gasteiger partial charge in [-0.05, 0) is 56.9 Å². The maximum Gasteiger partial charge on any atom is 0.160 e. The number of pyridine rings is 1. The van der Waals surface area contributed by atoms with Crippen molar-refractivity contribution < 1.29 is 0 Å². The number of benzene rings is 8. The molecule has 0 amide bonds. The van der Waals surface area contributed by atoms with Crippen molar-refractivity contribution in [1.82, 2.24) is 15.0 Å². The molecular weight excluding hydrogens is 631 g/mol. The molecule has 0 radical (unpaired) electrons. The summed E-state index contributed by atoms with van der Waals surface area (Å²) < 4.78 is 0. The van der Waals surface area contributed by atoms with E-state index in [0.717, 1.165) is 61.0 Å². The number of nitrogens with zero attached hydrogens (tertiary/aromatic N) is 3. The Kier molecular flexibility index (Phi) is 7.14. The average Bonchev–Trinajstić information content (AvgIpc) is 3.23. The third kappa shape index (κ3) is 5.28. The minimum atomic E-state index is 0.700. The Morgan fingerprint density at radius 3 is 1.62 bits per heavy atom. The smallest absolute Gasteiger partial charge is 0.160 e. The molecule has 10 aromatic rings. The van der Waals surface area contributed by atoms with E-state index in [1.165, 1.54) is 32.7 Å². The molecule has 2 heterocycles. The zero-order valence-electron chi connectivity index (χ0n) is 28.2. The summed E-state index contributed by atoms with van der Waals surface area (Å²) in [5.74, 6) is 0.700. The molecule has 52 heavy (non-hydrogen) atoms. The van der Waals surface area contributed by atoms with E-state index in [1.807, 2.05) is 0 Å². The lowest BCUT2D eigenvalue weighted by Crippen LogP contribution is -1.96. The quantitative estimate of drug-likeness (QED) is 0.172. The van der Waals surface area contributed by atoms with Crippen LogP contribution in [-0.4, -0.2) is 15.0 Å². The first-order valence-electron chi connectivity index (χ1n) is 17.6. The van der Waals surface area contributed by atoms with E-state index in [0.29, 0.717) is 5.82 Å². The number of hydrogen-bond donors (Lipinski definition) is 0. The molecule has 242 valence electrons. The molecule has 0 spiro atoms. The van der Waals surface area contributed by atoms with Gasteiger partial charge in [-0.25, -0.2) is 15.0 Å². The molecule has 0 unspecified atom stereocenters. The van der Waals surface area contributed by atoms with E-state index >= 15 is 0 Å². The molecule has 3 nitrogen and oxygen atoms in total. The molecule has 8 aromatic carbocycles. The van der Waals surface area contributed by atoms with Crippen LogP contribution in [0.1, 0.15) is 0 Å². The first-order chi connectivity index (χ1) is 25.7. The van der Waals surface area contributed by atoms with Crippen molar-refractivity contribution in [3.8, 4) is 56.3 Å². The Labute approximate surface area is 301 Å². The largest absolute Gasteiger partial charge is 0.247 e. The van der Waals surface area contributed by atoms with Crippen LogP contribution in [0.2, 0.25) is 0 Å². The fourth-order valence-electron chi connectivity index (χ4n) is 7.43. The van der Waals surface area contributed by atoms with Crippen molar-refractivity contribution in [2.75, 3.05) is 0 Å². The van der Waals surface area contributed by atoms with Crippen molar-refractivity contribution >= 4 is 43.2 Å². The monoisotopic (exact) mass is 661 g/mol. The lowest BCUT2D eigenvalue weighted by atomic mass is 9.92. The molecule has 0 aliphatic heterocycles. The summed E-state index contributed by atoms with van der Waals surface area (Å²) in [5, 5.41) is 8.25. The molecule has 3 heteroatoms. The van der Waals surface area contributed by atoms with Gasteiger partial charge in [-0.1, -0.05) is 164 Å². The summed E-state index contributed by atoms with van der Waals surface area (Å²) in [6.07, 6.45) is 0. The first kappa shape index (κ1) is 29.9. The Morgan fingerprint density at radius 2 is 0.865 bits per heavy atom. The third-order valence-electron chi connectivity index (χ3n) is 10.0. The predicted octanol–water partition coefficient (Wildman–Crippen LogP) is 12.8. The van der Waals surface area contributed by atoms with E-state index in [9.17, 15) is 0 Å². The summed E-state index contributed by atoms with van der Waals surface area (Å²) in [7, 11) is 0. The van der Waals surface area contributed by atoms with Gasteiger partial charge in [0.05, 0.1) is 22.6 Å². The maximum absolute atomic E-state index is 5.24. The normalized spacial score (nSPS) is 11.5. The molecule has 0 bridgehead atoms. The standard InChI is InChI=1S/C49H31N3/c1-2-13-34(14-3-1)41-18-10-19-43-47(41)42-17-8-9-20-44(42)50-48(43)36-25-23-35(24-26-36)45-31-46(39-27-21-32-11-4-6-15-37(32)29-39)52-49(51-45)40-28-22-33-12-5-7-16-38(33)30-40/h1-31H. The van der Waals surface area contributed by atoms with E-state index in [1.54, 1.807) is 0 Å². The minimum absolute atomic E-state index is 0.700. The number of fused-ring (bicyclic) bond motifs is 5. The van der Waals surface area contributed by atoms with Gasteiger partial charge >= 0.3 is 0 Å². The lowest BCUT2D eigenvalue weighted by Gasteiger charge is -2.14. The van der Waals surface area contributed by atoms with E-state index in [-0.39, 0.29) is 0 Å². The zero-order chi connectivity index (χ0) is 34.4. The SMILES string of the molecule is c1ccc(-c2cccc3c(-c4ccc(-c5cc(-c6ccc7ccccc7c6)nc(-c6ccc7ccccc7c6)n5)cc4)nc4ccccc4c23)cc1. The summed E-state index contributed by atoms with van der Waals surface area (Å²) in [6, 6.07) is 66.3. The molecule has 0 atom stereocenters. The lowest BCUT2D eigenvalue weighted by molar-refractivity contribution is 1.18. The highest BCUT2D eigenvalue weighted by molar-refractivity contribution is 6.17. The molecule has 0 fully saturated rings. The summed E-state index contributed by atoms with van der Waals surface area (Å²) in [4.78, 5) is 15.6. The average molecular weight is 662 g/mol. The van der Waals surface area contributed by atoms with Gasteiger partial charge in [-0.3, -0.25) is 0 Å². The molecule has 2 aromatic heterocycles. The van der Waals surface area contributed by atoms with Crippen molar-refractivity contribution in [2.24, 2.45) is 0 Å². The van der Waals surface area contributed by atoms with Crippen LogP contribution in [0.5, 0.6) is 0 Å². The second-order valence-electron chi connectivity index (χ2n) is 13.2. The van der Waals surface area contributed by atoms with Gasteiger partial charge in [-0.2, -0.15) is 0 Å². The van der Waals surface area contributed by atoms with Gasteiger partial charge in [-0.15, -0.1) is 0 Å². The fourth-order valence-corrected chi connectivity index (χ4v) is 7.43. The van der Waals surface area contributed by atoms with Gasteiger partial charge in [0.15, 0.2) is 5.82 Å². The van der Waals surface area contributed by atoms with Crippen LogP contribution in [0.15, 0.2) is 188 Å². The van der Waals surface area contributed by atoms with Crippen molar-refractivity contribution in [2.45, 2.75) is 0 Å². The summed E-state index contributed by atoms with van der Waals surface area (Å²) in [5.41, 5.74) is 10.2. The third-order valence-corrected chi connectivity index (χ3v) is 10.0. The van der Waals surface area contributed by atoms with Crippen molar-refractivity contribution in [3.63, 3.8) is 0 Å². The van der Waals surface area contributed by atoms with Crippen LogP contribution in [0.4, 0.5) is 0 Å². The summed E-state index contributed by atoms with van der Waals surface area (Å²) >= 11 is 0. The second kappa shape index (κ2) is 12.4. The van der Waals surface area contributed by atoms with Crippen molar-refractivity contribution in [1.29, 1.82) is 0 Å². The molecular formula is C49H31N3. The Balaban J connectivity index is 1.12. The highest BCUT2D eigenvalue weighted by Gasteiger charge is 2.16.